The quantitative estimate of drug-likeness (QED) is 0.331. The molecule has 0 rings (SSSR count). The zero-order valence-electron chi connectivity index (χ0n) is 6.09. The molecule has 0 aromatic rings. The Morgan fingerprint density at radius 2 is 2.20 bits per heavy atom. The predicted octanol–water partition coefficient (Wildman–Crippen LogP) is 0.695. The van der Waals surface area contributed by atoms with Crippen LogP contribution in [0.25, 0.3) is 0 Å². The van der Waals surface area contributed by atoms with Gasteiger partial charge in [-0.15, -0.1) is 0 Å². The minimum absolute atomic E-state index is 0.330. The summed E-state index contributed by atoms with van der Waals surface area (Å²) >= 11 is 0. The van der Waals surface area contributed by atoms with E-state index in [0.717, 1.165) is 0 Å². The van der Waals surface area contributed by atoms with Gasteiger partial charge in [0, 0.05) is 5.57 Å². The molecule has 0 bridgehead atoms. The number of ether oxygens (including phenoxy) is 1. The third kappa shape index (κ3) is 3.02. The van der Waals surface area contributed by atoms with Gasteiger partial charge in [-0.3, -0.25) is 4.79 Å². The van der Waals surface area contributed by atoms with Crippen LogP contribution in [-0.2, 0) is 14.3 Å². The van der Waals surface area contributed by atoms with Crippen molar-refractivity contribution in [1.29, 1.82) is 0 Å². The molecule has 0 amide bonds. The van der Waals surface area contributed by atoms with Crippen LogP contribution in [0.3, 0.4) is 0 Å². The largest absolute Gasteiger partial charge is 0.463 e. The van der Waals surface area contributed by atoms with Crippen molar-refractivity contribution >= 4 is 12.3 Å². The van der Waals surface area contributed by atoms with Gasteiger partial charge < -0.3 is 4.74 Å². The number of carbonyl (C=O) groups is 2. The molecule has 0 spiro atoms. The van der Waals surface area contributed by atoms with E-state index >= 15 is 0 Å². The Morgan fingerprint density at radius 3 is 2.60 bits per heavy atom. The second-order valence-corrected chi connectivity index (χ2v) is 1.71. The predicted molar refractivity (Wildman–Crippen MR) is 36.5 cm³/mol. The first-order chi connectivity index (χ1) is 4.72. The van der Waals surface area contributed by atoms with Crippen LogP contribution in [-0.4, -0.2) is 18.9 Å². The Labute approximate surface area is 59.7 Å². The van der Waals surface area contributed by atoms with Crippen molar-refractivity contribution < 1.29 is 14.3 Å². The van der Waals surface area contributed by atoms with Crippen LogP contribution < -0.4 is 0 Å². The average molecular weight is 142 g/mol. The molecule has 0 saturated heterocycles. The molecule has 0 heterocycles. The van der Waals surface area contributed by atoms with Gasteiger partial charge in [-0.05, 0) is 19.9 Å². The summed E-state index contributed by atoms with van der Waals surface area (Å²) in [7, 11) is 0. The van der Waals surface area contributed by atoms with Gasteiger partial charge in [0.2, 0.25) is 0 Å². The number of rotatable bonds is 3. The molecule has 3 heteroatoms. The van der Waals surface area contributed by atoms with E-state index < -0.39 is 5.97 Å². The first-order valence-corrected chi connectivity index (χ1v) is 3.01. The van der Waals surface area contributed by atoms with Crippen molar-refractivity contribution in [3.63, 3.8) is 0 Å². The number of allylic oxidation sites excluding steroid dienone is 1. The molecule has 0 saturated carbocycles. The second kappa shape index (κ2) is 4.73. The monoisotopic (exact) mass is 142 g/mol. The lowest BCUT2D eigenvalue weighted by Crippen LogP contribution is -2.04. The molecule has 0 aromatic carbocycles. The Bertz CT molecular complexity index is 158. The number of carbonyl (C=O) groups excluding carboxylic acids is 2. The highest BCUT2D eigenvalue weighted by atomic mass is 16.5. The Kier molecular flexibility index (Phi) is 4.20. The van der Waals surface area contributed by atoms with Gasteiger partial charge in [0.25, 0.3) is 0 Å². The van der Waals surface area contributed by atoms with Crippen LogP contribution in [0, 0.1) is 0 Å². The van der Waals surface area contributed by atoms with E-state index in [9.17, 15) is 9.59 Å². The number of hydrogen-bond acceptors (Lipinski definition) is 3. The molecule has 56 valence electrons. The van der Waals surface area contributed by atoms with E-state index in [1.165, 1.54) is 13.0 Å². The average Bonchev–Trinajstić information content (AvgIpc) is 1.89. The van der Waals surface area contributed by atoms with E-state index in [2.05, 4.69) is 4.74 Å². The fourth-order valence-electron chi connectivity index (χ4n) is 0.415. The van der Waals surface area contributed by atoms with Crippen molar-refractivity contribution in [2.24, 2.45) is 0 Å². The van der Waals surface area contributed by atoms with E-state index in [1.807, 2.05) is 0 Å². The number of aldehydes is 1. The van der Waals surface area contributed by atoms with E-state index in [0.29, 0.717) is 18.5 Å². The van der Waals surface area contributed by atoms with Gasteiger partial charge in [-0.25, -0.2) is 4.79 Å². The molecular formula is C7H10O3. The minimum atomic E-state index is -0.436. The molecule has 0 aliphatic rings. The van der Waals surface area contributed by atoms with Crippen molar-refractivity contribution in [1.82, 2.24) is 0 Å². The van der Waals surface area contributed by atoms with Gasteiger partial charge in [0.15, 0.2) is 0 Å². The van der Waals surface area contributed by atoms with E-state index in [4.69, 9.17) is 0 Å². The van der Waals surface area contributed by atoms with Crippen LogP contribution in [0.15, 0.2) is 11.6 Å². The van der Waals surface area contributed by atoms with Crippen molar-refractivity contribution in [3.8, 4) is 0 Å². The van der Waals surface area contributed by atoms with Crippen molar-refractivity contribution in [2.75, 3.05) is 6.61 Å². The third-order valence-electron chi connectivity index (χ3n) is 0.915. The molecule has 0 aliphatic heterocycles. The maximum absolute atomic E-state index is 10.7. The highest BCUT2D eigenvalue weighted by Gasteiger charge is 2.01. The summed E-state index contributed by atoms with van der Waals surface area (Å²) < 4.78 is 4.59. The molecule has 0 fully saturated rings. The molecule has 0 aliphatic carbocycles. The lowest BCUT2D eigenvalue weighted by molar-refractivity contribution is -0.138. The fourth-order valence-corrected chi connectivity index (χ4v) is 0.415. The topological polar surface area (TPSA) is 43.4 Å². The van der Waals surface area contributed by atoms with Crippen LogP contribution >= 0.6 is 0 Å². The zero-order chi connectivity index (χ0) is 7.98. The molecule has 10 heavy (non-hydrogen) atoms. The minimum Gasteiger partial charge on any atom is -0.463 e. The second-order valence-electron chi connectivity index (χ2n) is 1.71. The highest BCUT2D eigenvalue weighted by molar-refractivity contribution is 5.91. The maximum atomic E-state index is 10.7. The van der Waals surface area contributed by atoms with E-state index in [-0.39, 0.29) is 0 Å². The van der Waals surface area contributed by atoms with Gasteiger partial charge in [-0.1, -0.05) is 0 Å². The fraction of sp³-hybridized carbons (Fsp3) is 0.429. The normalized spacial score (nSPS) is 10.8. The Hall–Kier alpha value is -1.12. The van der Waals surface area contributed by atoms with Crippen LogP contribution in [0.4, 0.5) is 0 Å². The molecular weight excluding hydrogens is 132 g/mol. The molecule has 0 aromatic heterocycles. The summed E-state index contributed by atoms with van der Waals surface area (Å²) in [5, 5.41) is 0. The maximum Gasteiger partial charge on any atom is 0.333 e. The first kappa shape index (κ1) is 8.88. The molecule has 3 nitrogen and oxygen atoms in total. The van der Waals surface area contributed by atoms with E-state index in [1.54, 1.807) is 6.92 Å². The van der Waals surface area contributed by atoms with Gasteiger partial charge in [-0.2, -0.15) is 0 Å². The van der Waals surface area contributed by atoms with Crippen LogP contribution in [0.5, 0.6) is 0 Å². The van der Waals surface area contributed by atoms with Gasteiger partial charge in [0.1, 0.15) is 6.29 Å². The summed E-state index contributed by atoms with van der Waals surface area (Å²) in [6, 6.07) is 0. The molecule has 0 atom stereocenters. The van der Waals surface area contributed by atoms with Crippen molar-refractivity contribution in [3.05, 3.63) is 11.6 Å². The summed E-state index contributed by atoms with van der Waals surface area (Å²) in [6.45, 7) is 3.58. The number of hydrogen-bond donors (Lipinski definition) is 0. The third-order valence-corrected chi connectivity index (χ3v) is 0.915. The summed E-state index contributed by atoms with van der Waals surface area (Å²) in [4.78, 5) is 20.5. The van der Waals surface area contributed by atoms with Gasteiger partial charge in [0.05, 0.1) is 6.61 Å². The summed E-state index contributed by atoms with van der Waals surface area (Å²) in [5.41, 5.74) is 0.330. The van der Waals surface area contributed by atoms with Crippen molar-refractivity contribution in [2.45, 2.75) is 13.8 Å². The first-order valence-electron chi connectivity index (χ1n) is 3.01. The summed E-state index contributed by atoms with van der Waals surface area (Å²) in [6.07, 6.45) is 1.74. The molecule has 0 N–H and O–H groups in total. The van der Waals surface area contributed by atoms with Crippen LogP contribution in [0.2, 0.25) is 0 Å². The zero-order valence-corrected chi connectivity index (χ0v) is 6.09. The van der Waals surface area contributed by atoms with Gasteiger partial charge >= 0.3 is 5.97 Å². The van der Waals surface area contributed by atoms with Crippen LogP contribution in [0.1, 0.15) is 13.8 Å². The Balaban J connectivity index is 3.93. The standard InChI is InChI=1S/C7H10O3/c1-3-10-7(9)6(2)4-5-8/h4-5H,3H2,1-2H3/b6-4+. The molecule has 0 unspecified atom stereocenters. The smallest absolute Gasteiger partial charge is 0.333 e. The lowest BCUT2D eigenvalue weighted by atomic mass is 10.3. The highest BCUT2D eigenvalue weighted by Crippen LogP contribution is 1.93. The molecule has 0 radical (unpaired) electrons. The SMILES string of the molecule is CCOC(=O)/C(C)=C/C=O. The lowest BCUT2D eigenvalue weighted by Gasteiger charge is -1.98. The Morgan fingerprint density at radius 1 is 1.60 bits per heavy atom. The number of esters is 1. The summed E-state index contributed by atoms with van der Waals surface area (Å²) in [5.74, 6) is -0.436.